The minimum atomic E-state index is -0.808. The lowest BCUT2D eigenvalue weighted by atomic mass is 10.0. The van der Waals surface area contributed by atoms with Crippen molar-refractivity contribution in [1.82, 2.24) is 0 Å². The van der Waals surface area contributed by atoms with E-state index < -0.39 is 6.10 Å². The van der Waals surface area contributed by atoms with Crippen molar-refractivity contribution in [3.63, 3.8) is 0 Å². The van der Waals surface area contributed by atoms with E-state index in [9.17, 15) is 14.4 Å². The Kier molecular flexibility index (Phi) is 63.4. The van der Waals surface area contributed by atoms with E-state index in [1.165, 1.54) is 70.6 Å². The van der Waals surface area contributed by atoms with Crippen LogP contribution in [-0.4, -0.2) is 37.2 Å². The minimum absolute atomic E-state index is 0.102. The van der Waals surface area contributed by atoms with Crippen LogP contribution in [0.2, 0.25) is 0 Å². The molecule has 0 aliphatic carbocycles. The first-order valence-electron chi connectivity index (χ1n) is 33.0. The molecule has 0 aromatic rings. The first-order chi connectivity index (χ1) is 40.0. The predicted octanol–water partition coefficient (Wildman–Crippen LogP) is 22.9. The summed E-state index contributed by atoms with van der Waals surface area (Å²) in [6.07, 6.45) is 98.2. The molecule has 0 radical (unpaired) electrons. The lowest BCUT2D eigenvalue weighted by molar-refractivity contribution is -0.167. The standard InChI is InChI=1S/C75H120O6/c1-4-7-10-13-16-19-22-25-27-29-31-33-35-37-39-41-43-45-47-50-53-56-59-62-65-68-74(77)80-71-72(70-79-73(76)67-64-61-58-55-52-49-24-21-18-15-12-9-6-3)81-75(78)69-66-63-60-57-54-51-48-46-44-42-40-38-36-34-32-30-28-26-23-20-17-14-11-8-5-2/h7-8,10-12,15-17,19-21,24-28,31-34,37,39,43,45,50,53,72H,4-6,9,13-14,18,22-23,29-30,35-36,38,40-42,44,46-49,51-52,54-71H2,1-3H3/b10-7-,11-8-,15-12-,19-16-,20-17-,24-21-,27-25-,28-26-,33-31-,34-32-,39-37-,45-43-,53-50-. The summed E-state index contributed by atoms with van der Waals surface area (Å²) in [5.74, 6) is -0.952. The molecule has 0 aliphatic rings. The summed E-state index contributed by atoms with van der Waals surface area (Å²) in [7, 11) is 0. The number of rotatable bonds is 58. The molecule has 0 saturated heterocycles. The highest BCUT2D eigenvalue weighted by Crippen LogP contribution is 2.15. The summed E-state index contributed by atoms with van der Waals surface area (Å²) >= 11 is 0. The summed E-state index contributed by atoms with van der Waals surface area (Å²) in [5.41, 5.74) is 0. The second-order valence-electron chi connectivity index (χ2n) is 21.3. The maximum atomic E-state index is 12.9. The Morgan fingerprint density at radius 1 is 0.259 bits per heavy atom. The average Bonchev–Trinajstić information content (AvgIpc) is 3.46. The zero-order valence-corrected chi connectivity index (χ0v) is 52.2. The van der Waals surface area contributed by atoms with E-state index in [1.807, 2.05) is 0 Å². The Labute approximate surface area is 499 Å². The van der Waals surface area contributed by atoms with Gasteiger partial charge in [-0.2, -0.15) is 0 Å². The van der Waals surface area contributed by atoms with Crippen LogP contribution in [0.4, 0.5) is 0 Å². The third-order valence-corrected chi connectivity index (χ3v) is 13.5. The molecular weight excluding hydrogens is 997 g/mol. The van der Waals surface area contributed by atoms with Gasteiger partial charge in [-0.25, -0.2) is 0 Å². The molecule has 6 nitrogen and oxygen atoms in total. The molecule has 456 valence electrons. The smallest absolute Gasteiger partial charge is 0.306 e. The van der Waals surface area contributed by atoms with Gasteiger partial charge in [0.2, 0.25) is 0 Å². The molecule has 0 aromatic heterocycles. The number of esters is 3. The van der Waals surface area contributed by atoms with Crippen LogP contribution in [0, 0.1) is 0 Å². The van der Waals surface area contributed by atoms with E-state index in [0.717, 1.165) is 167 Å². The van der Waals surface area contributed by atoms with E-state index >= 15 is 0 Å². The first kappa shape index (κ1) is 76.0. The molecule has 0 aromatic carbocycles. The van der Waals surface area contributed by atoms with E-state index in [-0.39, 0.29) is 31.1 Å². The van der Waals surface area contributed by atoms with Crippen LogP contribution in [0.15, 0.2) is 158 Å². The summed E-state index contributed by atoms with van der Waals surface area (Å²) < 4.78 is 16.9. The second-order valence-corrected chi connectivity index (χ2v) is 21.3. The number of carbonyl (C=O) groups excluding carboxylic acids is 3. The average molecular weight is 1120 g/mol. The maximum Gasteiger partial charge on any atom is 0.306 e. The molecule has 0 N–H and O–H groups in total. The largest absolute Gasteiger partial charge is 0.462 e. The van der Waals surface area contributed by atoms with Gasteiger partial charge in [-0.15, -0.1) is 0 Å². The van der Waals surface area contributed by atoms with Crippen molar-refractivity contribution in [1.29, 1.82) is 0 Å². The monoisotopic (exact) mass is 1120 g/mol. The Balaban J connectivity index is 4.42. The second kappa shape index (κ2) is 67.5. The predicted molar refractivity (Wildman–Crippen MR) is 352 cm³/mol. The Bertz CT molecular complexity index is 1810. The number of hydrogen-bond donors (Lipinski definition) is 0. The summed E-state index contributed by atoms with van der Waals surface area (Å²) in [6.45, 7) is 6.31. The molecule has 0 amide bonds. The van der Waals surface area contributed by atoms with Gasteiger partial charge in [0.25, 0.3) is 0 Å². The van der Waals surface area contributed by atoms with Crippen molar-refractivity contribution < 1.29 is 28.6 Å². The fraction of sp³-hybridized carbons (Fsp3) is 0.613. The Morgan fingerprint density at radius 3 is 0.765 bits per heavy atom. The highest BCUT2D eigenvalue weighted by Gasteiger charge is 2.19. The molecule has 0 rings (SSSR count). The molecular formula is C75H120O6. The van der Waals surface area contributed by atoms with Gasteiger partial charge in [0.05, 0.1) is 0 Å². The molecule has 0 saturated carbocycles. The number of carbonyl (C=O) groups is 3. The van der Waals surface area contributed by atoms with Crippen LogP contribution in [0.5, 0.6) is 0 Å². The van der Waals surface area contributed by atoms with Crippen LogP contribution in [0.25, 0.3) is 0 Å². The fourth-order valence-corrected chi connectivity index (χ4v) is 8.63. The van der Waals surface area contributed by atoms with Gasteiger partial charge in [0.15, 0.2) is 6.10 Å². The van der Waals surface area contributed by atoms with Gasteiger partial charge in [-0.05, 0) is 141 Å². The van der Waals surface area contributed by atoms with Crippen molar-refractivity contribution in [3.8, 4) is 0 Å². The van der Waals surface area contributed by atoms with E-state index in [2.05, 4.69) is 179 Å². The fourth-order valence-electron chi connectivity index (χ4n) is 8.63. The zero-order valence-electron chi connectivity index (χ0n) is 52.2. The molecule has 6 heteroatoms. The van der Waals surface area contributed by atoms with E-state index in [4.69, 9.17) is 14.2 Å². The zero-order chi connectivity index (χ0) is 58.5. The summed E-state index contributed by atoms with van der Waals surface area (Å²) in [4.78, 5) is 38.4. The quantitative estimate of drug-likeness (QED) is 0.0261. The van der Waals surface area contributed by atoms with Gasteiger partial charge in [-0.1, -0.05) is 275 Å². The van der Waals surface area contributed by atoms with E-state index in [1.54, 1.807) is 0 Å². The van der Waals surface area contributed by atoms with Crippen molar-refractivity contribution >= 4 is 17.9 Å². The molecule has 81 heavy (non-hydrogen) atoms. The van der Waals surface area contributed by atoms with Gasteiger partial charge in [-0.3, -0.25) is 14.4 Å². The molecule has 0 aliphatic heterocycles. The topological polar surface area (TPSA) is 78.9 Å². The maximum absolute atomic E-state index is 12.9. The molecule has 0 bridgehead atoms. The van der Waals surface area contributed by atoms with Gasteiger partial charge in [0, 0.05) is 19.3 Å². The third-order valence-electron chi connectivity index (χ3n) is 13.5. The van der Waals surface area contributed by atoms with Gasteiger partial charge < -0.3 is 14.2 Å². The van der Waals surface area contributed by atoms with Crippen LogP contribution < -0.4 is 0 Å². The van der Waals surface area contributed by atoms with Crippen molar-refractivity contribution in [3.05, 3.63) is 158 Å². The number of ether oxygens (including phenoxy) is 3. The van der Waals surface area contributed by atoms with Crippen molar-refractivity contribution in [2.24, 2.45) is 0 Å². The normalized spacial score (nSPS) is 13.2. The molecule has 0 spiro atoms. The molecule has 0 heterocycles. The van der Waals surface area contributed by atoms with E-state index in [0.29, 0.717) is 19.3 Å². The molecule has 1 atom stereocenters. The number of allylic oxidation sites excluding steroid dienone is 26. The Hall–Kier alpha value is -4.97. The van der Waals surface area contributed by atoms with Gasteiger partial charge in [0.1, 0.15) is 13.2 Å². The van der Waals surface area contributed by atoms with Gasteiger partial charge >= 0.3 is 17.9 Å². The lowest BCUT2D eigenvalue weighted by Gasteiger charge is -2.18. The Morgan fingerprint density at radius 2 is 0.481 bits per heavy atom. The highest BCUT2D eigenvalue weighted by molar-refractivity contribution is 5.71. The lowest BCUT2D eigenvalue weighted by Crippen LogP contribution is -2.30. The molecule has 0 fully saturated rings. The first-order valence-corrected chi connectivity index (χ1v) is 33.0. The van der Waals surface area contributed by atoms with Crippen LogP contribution in [-0.2, 0) is 28.6 Å². The number of hydrogen-bond acceptors (Lipinski definition) is 6. The highest BCUT2D eigenvalue weighted by atomic mass is 16.6. The summed E-state index contributed by atoms with van der Waals surface area (Å²) in [6, 6.07) is 0. The van der Waals surface area contributed by atoms with Crippen LogP contribution in [0.1, 0.15) is 278 Å². The SMILES string of the molecule is CC/C=C\C/C=C\C/C=C\C/C=C\C/C=C\C/C=C\C/C=C\CCCCCC(=O)OCC(COC(=O)CCCCCCC/C=C\C/C=C\CCC)OC(=O)CCCCCCCCCCCCCC/C=C\C/C=C\C/C=C\C/C=C\CC. The van der Waals surface area contributed by atoms with Crippen LogP contribution >= 0.6 is 0 Å². The van der Waals surface area contributed by atoms with Crippen LogP contribution in [0.3, 0.4) is 0 Å². The molecule has 1 unspecified atom stereocenters. The minimum Gasteiger partial charge on any atom is -0.462 e. The number of unbranched alkanes of at least 4 members (excludes halogenated alkanes) is 21. The van der Waals surface area contributed by atoms with Crippen molar-refractivity contribution in [2.75, 3.05) is 13.2 Å². The third kappa shape index (κ3) is 65.7. The summed E-state index contributed by atoms with van der Waals surface area (Å²) in [5, 5.41) is 0. The van der Waals surface area contributed by atoms with Crippen molar-refractivity contribution in [2.45, 2.75) is 284 Å².